The minimum atomic E-state index is -4.83. The lowest BCUT2D eigenvalue weighted by Gasteiger charge is -2.18. The number of rotatable bonds is 6. The minimum absolute atomic E-state index is 0. The standard InChI is InChI=1S/C19H13F5N4O2.ClH/c20-8-11(9-21)29-15-2-1-10(7-14(15)19(22,23)24)18-27-17(28-30-18)13-4-6-26-16-12(13)3-5-25-16;/h1-7,11H,8-9H2,(H,25,26);1H. The molecule has 0 fully saturated rings. The van der Waals surface area contributed by atoms with Crippen molar-refractivity contribution in [2.45, 2.75) is 12.3 Å². The number of hydrogen-bond acceptors (Lipinski definition) is 5. The maximum Gasteiger partial charge on any atom is 0.419 e. The molecule has 164 valence electrons. The maximum atomic E-state index is 13.5. The first-order valence-electron chi connectivity index (χ1n) is 8.67. The average molecular weight is 461 g/mol. The van der Waals surface area contributed by atoms with Gasteiger partial charge in [0.05, 0.1) is 5.56 Å². The quantitative estimate of drug-likeness (QED) is 0.389. The Bertz CT molecular complexity index is 1170. The van der Waals surface area contributed by atoms with Crippen LogP contribution in [0.25, 0.3) is 33.9 Å². The van der Waals surface area contributed by atoms with Crippen molar-refractivity contribution in [3.8, 4) is 28.6 Å². The molecule has 0 radical (unpaired) electrons. The second-order valence-corrected chi connectivity index (χ2v) is 6.28. The van der Waals surface area contributed by atoms with E-state index >= 15 is 0 Å². The zero-order valence-electron chi connectivity index (χ0n) is 15.5. The normalized spacial score (nSPS) is 11.7. The van der Waals surface area contributed by atoms with Crippen LogP contribution < -0.4 is 4.74 Å². The number of nitrogens with one attached hydrogen (secondary N) is 1. The van der Waals surface area contributed by atoms with Gasteiger partial charge in [0.25, 0.3) is 5.89 Å². The number of aromatic nitrogens is 4. The van der Waals surface area contributed by atoms with Gasteiger partial charge in [0.2, 0.25) is 5.82 Å². The van der Waals surface area contributed by atoms with Crippen LogP contribution in [0.5, 0.6) is 5.75 Å². The van der Waals surface area contributed by atoms with Gasteiger partial charge < -0.3 is 14.2 Å². The monoisotopic (exact) mass is 460 g/mol. The molecule has 3 heterocycles. The molecule has 0 amide bonds. The van der Waals surface area contributed by atoms with E-state index in [1.807, 2.05) is 0 Å². The fourth-order valence-electron chi connectivity index (χ4n) is 2.88. The van der Waals surface area contributed by atoms with Gasteiger partial charge in [-0.05, 0) is 30.3 Å². The summed E-state index contributed by atoms with van der Waals surface area (Å²) in [7, 11) is 0. The molecule has 0 spiro atoms. The van der Waals surface area contributed by atoms with Crippen molar-refractivity contribution in [1.29, 1.82) is 0 Å². The van der Waals surface area contributed by atoms with Crippen LogP contribution in [0, 0.1) is 0 Å². The predicted octanol–water partition coefficient (Wildman–Crippen LogP) is 5.41. The van der Waals surface area contributed by atoms with E-state index in [2.05, 4.69) is 20.1 Å². The third kappa shape index (κ3) is 4.46. The Balaban J connectivity index is 0.00000272. The molecule has 1 aromatic carbocycles. The summed E-state index contributed by atoms with van der Waals surface area (Å²) in [5.41, 5.74) is -0.0515. The summed E-state index contributed by atoms with van der Waals surface area (Å²) < 4.78 is 75.7. The second-order valence-electron chi connectivity index (χ2n) is 6.28. The molecule has 0 saturated heterocycles. The summed E-state index contributed by atoms with van der Waals surface area (Å²) in [6.07, 6.45) is -3.24. The van der Waals surface area contributed by atoms with E-state index in [9.17, 15) is 22.0 Å². The molecule has 31 heavy (non-hydrogen) atoms. The molecule has 12 heteroatoms. The summed E-state index contributed by atoms with van der Waals surface area (Å²) in [6.45, 7) is -2.52. The first-order valence-corrected chi connectivity index (χ1v) is 8.67. The molecule has 4 rings (SSSR count). The molecule has 0 aliphatic carbocycles. The van der Waals surface area contributed by atoms with Crippen LogP contribution in [0.2, 0.25) is 0 Å². The van der Waals surface area contributed by atoms with Crippen LogP contribution in [0.15, 0.2) is 47.2 Å². The van der Waals surface area contributed by atoms with Crippen LogP contribution in [0.1, 0.15) is 5.56 Å². The highest BCUT2D eigenvalue weighted by Crippen LogP contribution is 2.39. The van der Waals surface area contributed by atoms with E-state index in [0.717, 1.165) is 12.1 Å². The maximum absolute atomic E-state index is 13.5. The summed E-state index contributed by atoms with van der Waals surface area (Å²) in [5.74, 6) is -0.676. The lowest BCUT2D eigenvalue weighted by molar-refractivity contribution is -0.139. The second kappa shape index (κ2) is 8.88. The Morgan fingerprint density at radius 3 is 2.58 bits per heavy atom. The molecular formula is C19H14ClF5N4O2. The Morgan fingerprint density at radius 2 is 1.87 bits per heavy atom. The number of aromatic amines is 1. The first kappa shape index (κ1) is 22.5. The van der Waals surface area contributed by atoms with Gasteiger partial charge in [-0.3, -0.25) is 0 Å². The van der Waals surface area contributed by atoms with Gasteiger partial charge in [-0.25, -0.2) is 13.8 Å². The van der Waals surface area contributed by atoms with Crippen LogP contribution in [-0.2, 0) is 6.18 Å². The zero-order valence-corrected chi connectivity index (χ0v) is 16.3. The smallest absolute Gasteiger partial charge is 0.419 e. The van der Waals surface area contributed by atoms with E-state index in [1.54, 1.807) is 18.3 Å². The fourth-order valence-corrected chi connectivity index (χ4v) is 2.88. The van der Waals surface area contributed by atoms with Crippen molar-refractivity contribution < 1.29 is 31.2 Å². The third-order valence-electron chi connectivity index (χ3n) is 4.30. The minimum Gasteiger partial charge on any atom is -0.484 e. The number of H-pyrrole nitrogens is 1. The molecule has 0 atom stereocenters. The number of alkyl halides is 5. The number of pyridine rings is 1. The summed E-state index contributed by atoms with van der Waals surface area (Å²) in [6, 6.07) is 6.36. The molecular weight excluding hydrogens is 447 g/mol. The Labute approximate surface area is 177 Å². The van der Waals surface area contributed by atoms with Gasteiger partial charge >= 0.3 is 6.18 Å². The largest absolute Gasteiger partial charge is 0.484 e. The van der Waals surface area contributed by atoms with Gasteiger partial charge in [0.1, 0.15) is 24.7 Å². The Morgan fingerprint density at radius 1 is 1.10 bits per heavy atom. The summed E-state index contributed by atoms with van der Waals surface area (Å²) in [4.78, 5) is 11.3. The summed E-state index contributed by atoms with van der Waals surface area (Å²) in [5, 5.41) is 4.56. The molecule has 0 aliphatic rings. The SMILES string of the molecule is Cl.FCC(CF)Oc1ccc(-c2nc(-c3ccnc4[nH]ccc34)no2)cc1C(F)(F)F. The zero-order chi connectivity index (χ0) is 21.3. The predicted molar refractivity (Wildman–Crippen MR) is 103 cm³/mol. The Hall–Kier alpha value is -3.21. The van der Waals surface area contributed by atoms with Crippen molar-refractivity contribution in [3.63, 3.8) is 0 Å². The van der Waals surface area contributed by atoms with Gasteiger partial charge in [0.15, 0.2) is 6.10 Å². The molecule has 0 bridgehead atoms. The lowest BCUT2D eigenvalue weighted by Crippen LogP contribution is -2.23. The van der Waals surface area contributed by atoms with Crippen LogP contribution in [0.3, 0.4) is 0 Å². The molecule has 0 unspecified atom stereocenters. The molecule has 3 aromatic heterocycles. The number of ether oxygens (including phenoxy) is 1. The van der Waals surface area contributed by atoms with Crippen LogP contribution >= 0.6 is 12.4 Å². The van der Waals surface area contributed by atoms with Crippen molar-refractivity contribution in [1.82, 2.24) is 20.1 Å². The lowest BCUT2D eigenvalue weighted by atomic mass is 10.1. The van der Waals surface area contributed by atoms with E-state index in [4.69, 9.17) is 9.26 Å². The number of hydrogen-bond donors (Lipinski definition) is 1. The molecule has 4 aromatic rings. The van der Waals surface area contributed by atoms with E-state index in [0.29, 0.717) is 16.6 Å². The highest BCUT2D eigenvalue weighted by molar-refractivity contribution is 5.90. The highest BCUT2D eigenvalue weighted by atomic mass is 35.5. The molecule has 0 saturated carbocycles. The van der Waals surface area contributed by atoms with Crippen molar-refractivity contribution in [3.05, 3.63) is 48.3 Å². The van der Waals surface area contributed by atoms with Gasteiger partial charge in [-0.2, -0.15) is 18.2 Å². The number of halogens is 6. The summed E-state index contributed by atoms with van der Waals surface area (Å²) >= 11 is 0. The van der Waals surface area contributed by atoms with Gasteiger partial charge in [-0.15, -0.1) is 12.4 Å². The number of benzene rings is 1. The Kier molecular flexibility index (Phi) is 6.44. The van der Waals surface area contributed by atoms with E-state index < -0.39 is 36.9 Å². The van der Waals surface area contributed by atoms with Gasteiger partial charge in [-0.1, -0.05) is 5.16 Å². The number of fused-ring (bicyclic) bond motifs is 1. The van der Waals surface area contributed by atoms with Crippen LogP contribution in [0.4, 0.5) is 22.0 Å². The van der Waals surface area contributed by atoms with Crippen LogP contribution in [-0.4, -0.2) is 39.6 Å². The van der Waals surface area contributed by atoms with E-state index in [-0.39, 0.29) is 29.7 Å². The van der Waals surface area contributed by atoms with E-state index in [1.165, 1.54) is 12.3 Å². The van der Waals surface area contributed by atoms with Crippen molar-refractivity contribution in [2.75, 3.05) is 13.3 Å². The fraction of sp³-hybridized carbons (Fsp3) is 0.211. The number of nitrogens with zero attached hydrogens (tertiary/aromatic N) is 3. The third-order valence-corrected chi connectivity index (χ3v) is 4.30. The first-order chi connectivity index (χ1) is 14.4. The highest BCUT2D eigenvalue weighted by Gasteiger charge is 2.36. The molecule has 0 aliphatic heterocycles. The van der Waals surface area contributed by atoms with Crippen molar-refractivity contribution in [2.24, 2.45) is 0 Å². The van der Waals surface area contributed by atoms with Gasteiger partial charge in [0, 0.05) is 28.9 Å². The topological polar surface area (TPSA) is 76.8 Å². The average Bonchev–Trinajstić information content (AvgIpc) is 3.40. The molecule has 1 N–H and O–H groups in total. The van der Waals surface area contributed by atoms with Crippen molar-refractivity contribution >= 4 is 23.4 Å². The molecule has 6 nitrogen and oxygen atoms in total.